The standard InChI is InChI=1S/C11H10BrN3OS/c1-15(6-8-4-10(12)17-7-8)11(16)9-2-3-13-14-5-9/h2-5,7H,6H2,1H3. The first-order valence-corrected chi connectivity index (χ1v) is 6.59. The zero-order chi connectivity index (χ0) is 12.3. The third-order valence-electron chi connectivity index (χ3n) is 2.22. The minimum absolute atomic E-state index is 0.0535. The van der Waals surface area contributed by atoms with Crippen molar-refractivity contribution in [2.24, 2.45) is 0 Å². The Morgan fingerprint density at radius 2 is 2.35 bits per heavy atom. The predicted octanol–water partition coefficient (Wildman–Crippen LogP) is 2.57. The van der Waals surface area contributed by atoms with E-state index in [0.717, 1.165) is 9.35 Å². The Balaban J connectivity index is 2.06. The van der Waals surface area contributed by atoms with Crippen LogP contribution in [0.25, 0.3) is 0 Å². The fraction of sp³-hybridized carbons (Fsp3) is 0.182. The van der Waals surface area contributed by atoms with Crippen LogP contribution >= 0.6 is 27.3 Å². The summed E-state index contributed by atoms with van der Waals surface area (Å²) in [4.78, 5) is 13.7. The van der Waals surface area contributed by atoms with Crippen molar-refractivity contribution in [2.75, 3.05) is 7.05 Å². The van der Waals surface area contributed by atoms with Crippen LogP contribution in [-0.2, 0) is 6.54 Å². The van der Waals surface area contributed by atoms with E-state index in [9.17, 15) is 4.79 Å². The molecule has 88 valence electrons. The molecule has 2 aromatic heterocycles. The van der Waals surface area contributed by atoms with Gasteiger partial charge in [0.25, 0.3) is 5.91 Å². The predicted molar refractivity (Wildman–Crippen MR) is 69.8 cm³/mol. The van der Waals surface area contributed by atoms with E-state index >= 15 is 0 Å². The van der Waals surface area contributed by atoms with Crippen molar-refractivity contribution in [1.29, 1.82) is 0 Å². The first-order chi connectivity index (χ1) is 8.16. The van der Waals surface area contributed by atoms with E-state index in [1.165, 1.54) is 12.4 Å². The average molecular weight is 312 g/mol. The largest absolute Gasteiger partial charge is 0.337 e. The van der Waals surface area contributed by atoms with Crippen molar-refractivity contribution in [3.8, 4) is 0 Å². The molecule has 17 heavy (non-hydrogen) atoms. The van der Waals surface area contributed by atoms with Crippen LogP contribution in [0.4, 0.5) is 0 Å². The second-order valence-electron chi connectivity index (χ2n) is 3.55. The summed E-state index contributed by atoms with van der Waals surface area (Å²) in [5.41, 5.74) is 1.66. The van der Waals surface area contributed by atoms with Gasteiger partial charge in [-0.15, -0.1) is 11.3 Å². The molecule has 0 fully saturated rings. The van der Waals surface area contributed by atoms with Crippen LogP contribution in [0.1, 0.15) is 15.9 Å². The van der Waals surface area contributed by atoms with Gasteiger partial charge >= 0.3 is 0 Å². The lowest BCUT2D eigenvalue weighted by Gasteiger charge is -2.15. The fourth-order valence-corrected chi connectivity index (χ4v) is 2.61. The van der Waals surface area contributed by atoms with Crippen molar-refractivity contribution in [3.05, 3.63) is 44.8 Å². The average Bonchev–Trinajstić information content (AvgIpc) is 2.75. The Kier molecular flexibility index (Phi) is 3.86. The van der Waals surface area contributed by atoms with Crippen LogP contribution in [0.15, 0.2) is 33.7 Å². The number of carbonyl (C=O) groups is 1. The first-order valence-electron chi connectivity index (χ1n) is 4.92. The smallest absolute Gasteiger partial charge is 0.255 e. The molecule has 0 saturated carbocycles. The summed E-state index contributed by atoms with van der Waals surface area (Å²) in [6.07, 6.45) is 2.99. The van der Waals surface area contributed by atoms with Gasteiger partial charge in [-0.3, -0.25) is 4.79 Å². The van der Waals surface area contributed by atoms with Crippen LogP contribution in [0.2, 0.25) is 0 Å². The van der Waals surface area contributed by atoms with Crippen LogP contribution in [-0.4, -0.2) is 28.1 Å². The van der Waals surface area contributed by atoms with Crippen molar-refractivity contribution >= 4 is 33.2 Å². The molecular formula is C11H10BrN3OS. The molecule has 0 radical (unpaired) electrons. The van der Waals surface area contributed by atoms with Gasteiger partial charge in [-0.25, -0.2) is 0 Å². The maximum atomic E-state index is 12.0. The van der Waals surface area contributed by atoms with Crippen molar-refractivity contribution in [2.45, 2.75) is 6.54 Å². The first kappa shape index (κ1) is 12.2. The molecule has 6 heteroatoms. The number of hydrogen-bond donors (Lipinski definition) is 0. The summed E-state index contributed by atoms with van der Waals surface area (Å²) >= 11 is 5.01. The summed E-state index contributed by atoms with van der Waals surface area (Å²) in [7, 11) is 1.77. The number of nitrogens with zero attached hydrogens (tertiary/aromatic N) is 3. The molecule has 0 saturated heterocycles. The van der Waals surface area contributed by atoms with E-state index in [0.29, 0.717) is 12.1 Å². The van der Waals surface area contributed by atoms with Crippen LogP contribution in [0.5, 0.6) is 0 Å². The highest BCUT2D eigenvalue weighted by Crippen LogP contribution is 2.21. The SMILES string of the molecule is CN(Cc1csc(Br)c1)C(=O)c1ccnnc1. The lowest BCUT2D eigenvalue weighted by atomic mass is 10.2. The molecule has 2 aromatic rings. The van der Waals surface area contributed by atoms with E-state index in [1.54, 1.807) is 29.4 Å². The van der Waals surface area contributed by atoms with Gasteiger partial charge in [-0.05, 0) is 39.0 Å². The minimum atomic E-state index is -0.0535. The molecule has 0 unspecified atom stereocenters. The molecule has 1 amide bonds. The number of hydrogen-bond acceptors (Lipinski definition) is 4. The monoisotopic (exact) mass is 311 g/mol. The fourth-order valence-electron chi connectivity index (χ4n) is 1.41. The zero-order valence-corrected chi connectivity index (χ0v) is 11.5. The Morgan fingerprint density at radius 3 is 2.94 bits per heavy atom. The molecule has 2 rings (SSSR count). The Morgan fingerprint density at radius 1 is 1.53 bits per heavy atom. The second kappa shape index (κ2) is 5.37. The van der Waals surface area contributed by atoms with Gasteiger partial charge in [0.1, 0.15) is 0 Å². The normalized spacial score (nSPS) is 10.2. The number of rotatable bonds is 3. The van der Waals surface area contributed by atoms with Crippen LogP contribution in [0.3, 0.4) is 0 Å². The third kappa shape index (κ3) is 3.10. The lowest BCUT2D eigenvalue weighted by molar-refractivity contribution is 0.0784. The summed E-state index contributed by atoms with van der Waals surface area (Å²) in [5.74, 6) is -0.0535. The summed E-state index contributed by atoms with van der Waals surface area (Å²) in [5, 5.41) is 9.37. The third-order valence-corrected chi connectivity index (χ3v) is 3.77. The topological polar surface area (TPSA) is 46.1 Å². The molecule has 0 atom stereocenters. The van der Waals surface area contributed by atoms with Gasteiger partial charge < -0.3 is 4.90 Å². The number of amides is 1. The highest BCUT2D eigenvalue weighted by Gasteiger charge is 2.12. The van der Waals surface area contributed by atoms with Gasteiger partial charge in [-0.1, -0.05) is 0 Å². The summed E-state index contributed by atoms with van der Waals surface area (Å²) < 4.78 is 1.07. The summed E-state index contributed by atoms with van der Waals surface area (Å²) in [6.45, 7) is 0.587. The molecule has 0 aromatic carbocycles. The molecule has 0 aliphatic carbocycles. The van der Waals surface area contributed by atoms with E-state index in [4.69, 9.17) is 0 Å². The molecule has 0 bridgehead atoms. The maximum absolute atomic E-state index is 12.0. The van der Waals surface area contributed by atoms with Gasteiger partial charge in [0.2, 0.25) is 0 Å². The highest BCUT2D eigenvalue weighted by molar-refractivity contribution is 9.11. The van der Waals surface area contributed by atoms with E-state index in [1.807, 2.05) is 11.4 Å². The van der Waals surface area contributed by atoms with E-state index in [-0.39, 0.29) is 5.91 Å². The lowest BCUT2D eigenvalue weighted by Crippen LogP contribution is -2.26. The van der Waals surface area contributed by atoms with Crippen LogP contribution < -0.4 is 0 Å². The number of carbonyl (C=O) groups excluding carboxylic acids is 1. The molecule has 0 aliphatic heterocycles. The van der Waals surface area contributed by atoms with Crippen molar-refractivity contribution in [3.63, 3.8) is 0 Å². The van der Waals surface area contributed by atoms with Crippen molar-refractivity contribution in [1.82, 2.24) is 15.1 Å². The number of thiophene rings is 1. The molecular weight excluding hydrogens is 302 g/mol. The van der Waals surface area contributed by atoms with Crippen LogP contribution in [0, 0.1) is 0 Å². The quantitative estimate of drug-likeness (QED) is 0.875. The minimum Gasteiger partial charge on any atom is -0.337 e. The molecule has 0 aliphatic rings. The molecule has 4 nitrogen and oxygen atoms in total. The van der Waals surface area contributed by atoms with E-state index in [2.05, 4.69) is 26.1 Å². The Hall–Kier alpha value is -1.27. The highest BCUT2D eigenvalue weighted by atomic mass is 79.9. The maximum Gasteiger partial charge on any atom is 0.255 e. The number of aromatic nitrogens is 2. The number of halogens is 1. The molecule has 2 heterocycles. The summed E-state index contributed by atoms with van der Waals surface area (Å²) in [6, 6.07) is 3.68. The second-order valence-corrected chi connectivity index (χ2v) is 5.84. The Bertz CT molecular complexity index is 514. The molecule has 0 spiro atoms. The van der Waals surface area contributed by atoms with E-state index < -0.39 is 0 Å². The van der Waals surface area contributed by atoms with Gasteiger partial charge in [0.15, 0.2) is 0 Å². The Labute approximate surface area is 111 Å². The van der Waals surface area contributed by atoms with Gasteiger partial charge in [-0.2, -0.15) is 10.2 Å². The van der Waals surface area contributed by atoms with Gasteiger partial charge in [0.05, 0.1) is 21.7 Å². The molecule has 0 N–H and O–H groups in total. The zero-order valence-electron chi connectivity index (χ0n) is 9.13. The van der Waals surface area contributed by atoms with Crippen molar-refractivity contribution < 1.29 is 4.79 Å². The van der Waals surface area contributed by atoms with Gasteiger partial charge in [0, 0.05) is 13.6 Å².